The average Bonchev–Trinajstić information content (AvgIpc) is 3.36. The topological polar surface area (TPSA) is 72.3 Å². The van der Waals surface area contributed by atoms with E-state index in [-0.39, 0.29) is 5.78 Å². The Morgan fingerprint density at radius 3 is 2.70 bits per heavy atom. The summed E-state index contributed by atoms with van der Waals surface area (Å²) in [7, 11) is 0. The van der Waals surface area contributed by atoms with Crippen molar-refractivity contribution in [3.63, 3.8) is 0 Å². The number of benzene rings is 2. The van der Waals surface area contributed by atoms with Crippen LogP contribution >= 0.6 is 23.1 Å². The van der Waals surface area contributed by atoms with E-state index in [4.69, 9.17) is 14.9 Å². The third kappa shape index (κ3) is 4.47. The largest absolute Gasteiger partial charge is 0.490 e. The molecule has 2 heterocycles. The van der Waals surface area contributed by atoms with E-state index in [9.17, 15) is 4.79 Å². The molecule has 30 heavy (non-hydrogen) atoms. The van der Waals surface area contributed by atoms with Gasteiger partial charge in [-0.2, -0.15) is 0 Å². The monoisotopic (exact) mass is 436 g/mol. The van der Waals surface area contributed by atoms with E-state index in [0.717, 1.165) is 11.1 Å². The van der Waals surface area contributed by atoms with Crippen molar-refractivity contribution in [2.45, 2.75) is 19.4 Å². The molecule has 0 radical (unpaired) electrons. The number of aromatic nitrogens is 1. The second kappa shape index (κ2) is 9.28. The van der Waals surface area contributed by atoms with Gasteiger partial charge in [0.05, 0.1) is 16.6 Å². The lowest BCUT2D eigenvalue weighted by molar-refractivity contribution is -0.114. The maximum Gasteiger partial charge on any atom is 0.186 e. The van der Waals surface area contributed by atoms with Crippen molar-refractivity contribution in [3.05, 3.63) is 81.1 Å². The van der Waals surface area contributed by atoms with Crippen LogP contribution in [0.5, 0.6) is 11.5 Å². The Kier molecular flexibility index (Phi) is 6.30. The average molecular weight is 437 g/mol. The Bertz CT molecular complexity index is 1080. The number of allylic oxidation sites excluding steroid dienone is 1. The molecule has 1 fully saturated rings. The van der Waals surface area contributed by atoms with Gasteiger partial charge in [0.15, 0.2) is 17.3 Å². The Morgan fingerprint density at radius 2 is 1.97 bits per heavy atom. The number of thioether (sulfide) groups is 1. The smallest absolute Gasteiger partial charge is 0.186 e. The van der Waals surface area contributed by atoms with E-state index in [1.54, 1.807) is 12.3 Å². The fourth-order valence-corrected chi connectivity index (χ4v) is 4.88. The van der Waals surface area contributed by atoms with Crippen LogP contribution in [-0.2, 0) is 11.4 Å². The van der Waals surface area contributed by atoms with Crippen molar-refractivity contribution in [2.75, 3.05) is 6.61 Å². The van der Waals surface area contributed by atoms with Crippen molar-refractivity contribution < 1.29 is 14.3 Å². The Balaban J connectivity index is 1.55. The molecule has 1 aliphatic rings. The van der Waals surface area contributed by atoms with E-state index in [1.165, 1.54) is 23.1 Å². The molecule has 1 N–H and O–H groups in total. The summed E-state index contributed by atoms with van der Waals surface area (Å²) < 4.78 is 11.7. The molecule has 0 spiro atoms. The maximum atomic E-state index is 12.8. The van der Waals surface area contributed by atoms with Crippen LogP contribution in [-0.4, -0.2) is 22.4 Å². The number of rotatable bonds is 7. The lowest BCUT2D eigenvalue weighted by Gasteiger charge is -2.13. The first-order valence-corrected chi connectivity index (χ1v) is 11.2. The third-order valence-corrected chi connectivity index (χ3v) is 6.32. The number of thiazole rings is 1. The Morgan fingerprint density at radius 1 is 1.13 bits per heavy atom. The fourth-order valence-electron chi connectivity index (χ4n) is 3.08. The molecule has 1 aromatic heterocycles. The van der Waals surface area contributed by atoms with Crippen LogP contribution < -0.4 is 9.47 Å². The SMILES string of the molecule is CCOc1cc(/C=C2\SC(=N)[C@@H](c3nccs3)C2=O)ccc1OCc1ccccc1. The van der Waals surface area contributed by atoms with Crippen LogP contribution in [0.2, 0.25) is 0 Å². The Labute approximate surface area is 183 Å². The van der Waals surface area contributed by atoms with Gasteiger partial charge in [-0.15, -0.1) is 11.3 Å². The second-order valence-electron chi connectivity index (χ2n) is 6.56. The molecule has 0 unspecified atom stereocenters. The van der Waals surface area contributed by atoms with Crippen LogP contribution in [0.25, 0.3) is 6.08 Å². The highest BCUT2D eigenvalue weighted by atomic mass is 32.2. The van der Waals surface area contributed by atoms with Gasteiger partial charge in [-0.3, -0.25) is 10.2 Å². The minimum absolute atomic E-state index is 0.0812. The summed E-state index contributed by atoms with van der Waals surface area (Å²) in [5, 5.41) is 11.0. The van der Waals surface area contributed by atoms with Crippen LogP contribution in [0.3, 0.4) is 0 Å². The van der Waals surface area contributed by atoms with Crippen molar-refractivity contribution in [1.29, 1.82) is 5.41 Å². The molecule has 7 heteroatoms. The van der Waals surface area contributed by atoms with E-state index in [1.807, 2.05) is 60.8 Å². The van der Waals surface area contributed by atoms with E-state index >= 15 is 0 Å². The van der Waals surface area contributed by atoms with Crippen LogP contribution in [0, 0.1) is 5.41 Å². The number of hydrogen-bond acceptors (Lipinski definition) is 7. The van der Waals surface area contributed by atoms with Crippen molar-refractivity contribution in [2.24, 2.45) is 0 Å². The van der Waals surface area contributed by atoms with E-state index in [0.29, 0.717) is 39.7 Å². The molecule has 0 amide bonds. The Hall–Kier alpha value is -2.90. The van der Waals surface area contributed by atoms with Gasteiger partial charge in [0.25, 0.3) is 0 Å². The number of Topliss-reactive ketones (excluding diaryl/α,β-unsaturated/α-hetero) is 1. The molecule has 0 aliphatic carbocycles. The number of ether oxygens (including phenoxy) is 2. The molecule has 0 saturated carbocycles. The highest BCUT2D eigenvalue weighted by Gasteiger charge is 2.38. The molecule has 1 atom stereocenters. The lowest BCUT2D eigenvalue weighted by atomic mass is 10.0. The normalized spacial score (nSPS) is 17.5. The van der Waals surface area contributed by atoms with Crippen LogP contribution in [0.4, 0.5) is 0 Å². The van der Waals surface area contributed by atoms with E-state index < -0.39 is 5.92 Å². The first kappa shape index (κ1) is 20.4. The lowest BCUT2D eigenvalue weighted by Crippen LogP contribution is -2.11. The van der Waals surface area contributed by atoms with Gasteiger partial charge in [0.2, 0.25) is 0 Å². The molecule has 1 saturated heterocycles. The molecular formula is C23H20N2O3S2. The number of carbonyl (C=O) groups is 1. The summed E-state index contributed by atoms with van der Waals surface area (Å²) in [5.41, 5.74) is 1.90. The molecular weight excluding hydrogens is 416 g/mol. The molecule has 0 bridgehead atoms. The van der Waals surface area contributed by atoms with Gasteiger partial charge in [-0.25, -0.2) is 4.98 Å². The van der Waals surface area contributed by atoms with Crippen LogP contribution in [0.15, 0.2) is 65.0 Å². The van der Waals surface area contributed by atoms with Gasteiger partial charge >= 0.3 is 0 Å². The minimum atomic E-state index is -0.582. The summed E-state index contributed by atoms with van der Waals surface area (Å²) in [4.78, 5) is 17.6. The second-order valence-corrected chi connectivity index (χ2v) is 8.57. The van der Waals surface area contributed by atoms with Gasteiger partial charge in [-0.1, -0.05) is 48.2 Å². The highest BCUT2D eigenvalue weighted by molar-refractivity contribution is 8.19. The number of hydrogen-bond donors (Lipinski definition) is 1. The molecule has 2 aromatic carbocycles. The molecule has 1 aliphatic heterocycles. The number of carbonyl (C=O) groups excluding carboxylic acids is 1. The van der Waals surface area contributed by atoms with Gasteiger partial charge in [0.1, 0.15) is 17.5 Å². The number of nitrogens with zero attached hydrogens (tertiary/aromatic N) is 1. The van der Waals surface area contributed by atoms with Crippen molar-refractivity contribution in [3.8, 4) is 11.5 Å². The summed E-state index contributed by atoms with van der Waals surface area (Å²) in [5.74, 6) is 0.620. The fraction of sp³-hybridized carbons (Fsp3) is 0.174. The van der Waals surface area contributed by atoms with Crippen molar-refractivity contribution in [1.82, 2.24) is 4.98 Å². The zero-order chi connectivity index (χ0) is 20.9. The maximum absolute atomic E-state index is 12.8. The number of ketones is 1. The highest BCUT2D eigenvalue weighted by Crippen LogP contribution is 2.41. The molecule has 3 aromatic rings. The quantitative estimate of drug-likeness (QED) is 0.493. The molecule has 4 rings (SSSR count). The van der Waals surface area contributed by atoms with Crippen LogP contribution in [0.1, 0.15) is 29.0 Å². The van der Waals surface area contributed by atoms with Gasteiger partial charge < -0.3 is 9.47 Å². The standard InChI is InChI=1S/C23H20N2O3S2/c1-2-27-18-12-16(8-9-17(18)28-14-15-6-4-3-5-7-15)13-19-21(26)20(22(24)30-19)23-25-10-11-29-23/h3-13,20,24H,2,14H2,1H3/b19-13-,24-22?/t20-/m0/s1. The van der Waals surface area contributed by atoms with Gasteiger partial charge in [-0.05, 0) is 36.3 Å². The first-order chi connectivity index (χ1) is 14.7. The molecule has 152 valence electrons. The minimum Gasteiger partial charge on any atom is -0.490 e. The summed E-state index contributed by atoms with van der Waals surface area (Å²) in [6, 6.07) is 15.6. The zero-order valence-corrected chi connectivity index (χ0v) is 18.0. The zero-order valence-electron chi connectivity index (χ0n) is 16.3. The third-order valence-electron chi connectivity index (χ3n) is 4.49. The molecule has 5 nitrogen and oxygen atoms in total. The summed E-state index contributed by atoms with van der Waals surface area (Å²) in [6.45, 7) is 2.87. The number of nitrogens with one attached hydrogen (secondary N) is 1. The summed E-state index contributed by atoms with van der Waals surface area (Å²) >= 11 is 2.60. The van der Waals surface area contributed by atoms with E-state index in [2.05, 4.69) is 4.98 Å². The summed E-state index contributed by atoms with van der Waals surface area (Å²) in [6.07, 6.45) is 3.47. The van der Waals surface area contributed by atoms with Gasteiger partial charge in [0, 0.05) is 11.6 Å². The predicted molar refractivity (Wildman–Crippen MR) is 122 cm³/mol. The van der Waals surface area contributed by atoms with Crippen molar-refractivity contribution >= 4 is 40.0 Å². The predicted octanol–water partition coefficient (Wildman–Crippen LogP) is 5.54. The first-order valence-electron chi connectivity index (χ1n) is 9.51.